The maximum atomic E-state index is 13.0. The van der Waals surface area contributed by atoms with Gasteiger partial charge in [0.25, 0.3) is 0 Å². The molecule has 2 aromatic carbocycles. The molecule has 0 N–H and O–H groups in total. The highest BCUT2D eigenvalue weighted by molar-refractivity contribution is 6.33. The van der Waals surface area contributed by atoms with Crippen LogP contribution in [0.1, 0.15) is 49.3 Å². The van der Waals surface area contributed by atoms with Crippen molar-refractivity contribution in [3.8, 4) is 5.69 Å². The first-order valence-electron chi connectivity index (χ1n) is 9.62. The highest BCUT2D eigenvalue weighted by Crippen LogP contribution is 2.45. The molecule has 0 bridgehead atoms. The van der Waals surface area contributed by atoms with Gasteiger partial charge in [0, 0.05) is 10.4 Å². The van der Waals surface area contributed by atoms with Crippen molar-refractivity contribution >= 4 is 34.1 Å². The average molecular weight is 399 g/mol. The number of aromatic nitrogens is 2. The Hall–Kier alpha value is -1.84. The number of halogens is 2. The van der Waals surface area contributed by atoms with Gasteiger partial charge in [-0.1, -0.05) is 48.2 Å². The maximum absolute atomic E-state index is 13.0. The Morgan fingerprint density at radius 3 is 2.52 bits per heavy atom. The molecule has 2 aliphatic carbocycles. The molecule has 0 atom stereocenters. The van der Waals surface area contributed by atoms with E-state index >= 15 is 0 Å². The minimum absolute atomic E-state index is 0.273. The van der Waals surface area contributed by atoms with Crippen LogP contribution in [0, 0.1) is 5.92 Å². The molecule has 0 spiro atoms. The number of para-hydroxylation sites is 1. The van der Waals surface area contributed by atoms with Crippen LogP contribution in [0.15, 0.2) is 41.2 Å². The molecular formula is C22H20Cl2N2O. The van der Waals surface area contributed by atoms with E-state index in [4.69, 9.17) is 23.2 Å². The zero-order chi connectivity index (χ0) is 18.5. The summed E-state index contributed by atoms with van der Waals surface area (Å²) in [6.45, 7) is 0. The average Bonchev–Trinajstić information content (AvgIpc) is 3.54. The molecule has 3 aromatic rings. The lowest BCUT2D eigenvalue weighted by Crippen LogP contribution is -2.24. The van der Waals surface area contributed by atoms with Gasteiger partial charge in [0.05, 0.1) is 21.9 Å². The Morgan fingerprint density at radius 1 is 1.04 bits per heavy atom. The molecule has 0 saturated heterocycles. The lowest BCUT2D eigenvalue weighted by molar-refractivity contribution is 0.711. The molecule has 2 fully saturated rings. The third-order valence-corrected chi connectivity index (χ3v) is 6.33. The number of aryl methyl sites for hydroxylation is 1. The highest BCUT2D eigenvalue weighted by atomic mass is 35.5. The normalized spacial score (nSPS) is 16.8. The van der Waals surface area contributed by atoms with E-state index in [0.717, 1.165) is 58.8 Å². The van der Waals surface area contributed by atoms with E-state index < -0.39 is 0 Å². The summed E-state index contributed by atoms with van der Waals surface area (Å²) in [5.41, 5.74) is 3.24. The Balaban J connectivity index is 1.76. The fraction of sp³-hybridized carbons (Fsp3) is 0.364. The van der Waals surface area contributed by atoms with Gasteiger partial charge in [-0.2, -0.15) is 4.98 Å². The molecule has 0 unspecified atom stereocenters. The van der Waals surface area contributed by atoms with Gasteiger partial charge in [0.15, 0.2) is 0 Å². The Labute approximate surface area is 167 Å². The topological polar surface area (TPSA) is 34.9 Å². The molecular weight excluding hydrogens is 379 g/mol. The van der Waals surface area contributed by atoms with Crippen molar-refractivity contribution < 1.29 is 0 Å². The van der Waals surface area contributed by atoms with Gasteiger partial charge in [0.1, 0.15) is 0 Å². The molecule has 5 rings (SSSR count). The number of nitrogens with zero attached hydrogens (tertiary/aromatic N) is 2. The molecule has 1 aromatic heterocycles. The Morgan fingerprint density at radius 2 is 1.81 bits per heavy atom. The summed E-state index contributed by atoms with van der Waals surface area (Å²) in [4.78, 5) is 17.4. The second-order valence-corrected chi connectivity index (χ2v) is 8.59. The summed E-state index contributed by atoms with van der Waals surface area (Å²) in [5.74, 6) is 1.29. The van der Waals surface area contributed by atoms with E-state index in [1.807, 2.05) is 24.3 Å². The summed E-state index contributed by atoms with van der Waals surface area (Å²) in [7, 11) is 0. The second kappa shape index (κ2) is 6.65. The number of hydrogen-bond acceptors (Lipinski definition) is 2. The van der Waals surface area contributed by atoms with Crippen LogP contribution in [0.3, 0.4) is 0 Å². The largest absolute Gasteiger partial charge is 0.352 e. The molecule has 0 amide bonds. The quantitative estimate of drug-likeness (QED) is 0.534. The van der Waals surface area contributed by atoms with Crippen LogP contribution in [0.25, 0.3) is 16.6 Å². The van der Waals surface area contributed by atoms with Crippen LogP contribution < -0.4 is 5.69 Å². The van der Waals surface area contributed by atoms with Crippen molar-refractivity contribution in [2.45, 2.75) is 44.4 Å². The third-order valence-electron chi connectivity index (χ3n) is 5.69. The highest BCUT2D eigenvalue weighted by Gasteiger charge is 2.28. The van der Waals surface area contributed by atoms with E-state index in [0.29, 0.717) is 16.6 Å². The fourth-order valence-electron chi connectivity index (χ4n) is 3.83. The van der Waals surface area contributed by atoms with Crippen molar-refractivity contribution in [3.05, 3.63) is 68.2 Å². The Kier molecular flexibility index (Phi) is 4.25. The number of rotatable bonds is 5. The van der Waals surface area contributed by atoms with Crippen molar-refractivity contribution in [1.82, 2.24) is 9.55 Å². The van der Waals surface area contributed by atoms with E-state index in [9.17, 15) is 4.79 Å². The smallest absolute Gasteiger partial charge is 0.259 e. The van der Waals surface area contributed by atoms with E-state index in [2.05, 4.69) is 11.1 Å². The van der Waals surface area contributed by atoms with E-state index in [-0.39, 0.29) is 5.69 Å². The molecule has 2 saturated carbocycles. The standard InChI is InChI=1S/C22H20Cl2N2O/c23-17-3-1-2-4-20(17)26-21-12-15(14-8-9-14)18(24)11-16(21)19(25-22(26)27)10-7-13-5-6-13/h1-4,11-14H,5-10H2. The molecule has 2 aliphatic rings. The van der Waals surface area contributed by atoms with Gasteiger partial charge < -0.3 is 0 Å². The van der Waals surface area contributed by atoms with Gasteiger partial charge in [-0.05, 0) is 67.3 Å². The van der Waals surface area contributed by atoms with Gasteiger partial charge in [-0.15, -0.1) is 0 Å². The first-order chi connectivity index (χ1) is 13.1. The van der Waals surface area contributed by atoms with Gasteiger partial charge in [0.2, 0.25) is 0 Å². The molecule has 27 heavy (non-hydrogen) atoms. The molecule has 0 radical (unpaired) electrons. The lowest BCUT2D eigenvalue weighted by atomic mass is 10.0. The van der Waals surface area contributed by atoms with E-state index in [1.54, 1.807) is 10.6 Å². The second-order valence-electron chi connectivity index (χ2n) is 7.78. The number of benzene rings is 2. The van der Waals surface area contributed by atoms with Crippen molar-refractivity contribution in [2.24, 2.45) is 5.92 Å². The number of fused-ring (bicyclic) bond motifs is 1. The van der Waals surface area contributed by atoms with Crippen molar-refractivity contribution in [2.75, 3.05) is 0 Å². The molecule has 3 nitrogen and oxygen atoms in total. The first-order valence-corrected chi connectivity index (χ1v) is 10.4. The van der Waals surface area contributed by atoms with E-state index in [1.165, 1.54) is 12.8 Å². The number of hydrogen-bond donors (Lipinski definition) is 0. The molecule has 1 heterocycles. The SMILES string of the molecule is O=c1nc(CCC2CC2)c2cc(Cl)c(C3CC3)cc2n1-c1ccccc1Cl. The zero-order valence-corrected chi connectivity index (χ0v) is 16.4. The maximum Gasteiger partial charge on any atom is 0.352 e. The summed E-state index contributed by atoms with van der Waals surface area (Å²) in [5, 5.41) is 2.28. The molecule has 5 heteroatoms. The lowest BCUT2D eigenvalue weighted by Gasteiger charge is -2.16. The zero-order valence-electron chi connectivity index (χ0n) is 14.9. The predicted octanol–water partition coefficient (Wildman–Crippen LogP) is 5.91. The van der Waals surface area contributed by atoms with Crippen LogP contribution in [0.2, 0.25) is 10.0 Å². The minimum atomic E-state index is -0.273. The third kappa shape index (κ3) is 3.28. The summed E-state index contributed by atoms with van der Waals surface area (Å²) < 4.78 is 1.64. The summed E-state index contributed by atoms with van der Waals surface area (Å²) in [6.07, 6.45) is 6.79. The van der Waals surface area contributed by atoms with Gasteiger partial charge >= 0.3 is 5.69 Å². The van der Waals surface area contributed by atoms with Crippen LogP contribution in [-0.4, -0.2) is 9.55 Å². The van der Waals surface area contributed by atoms with Crippen LogP contribution in [0.5, 0.6) is 0 Å². The summed E-state index contributed by atoms with van der Waals surface area (Å²) >= 11 is 13.0. The van der Waals surface area contributed by atoms with Crippen molar-refractivity contribution in [1.29, 1.82) is 0 Å². The summed E-state index contributed by atoms with van der Waals surface area (Å²) in [6, 6.07) is 11.5. The minimum Gasteiger partial charge on any atom is -0.259 e. The molecule has 138 valence electrons. The van der Waals surface area contributed by atoms with Gasteiger partial charge in [-0.25, -0.2) is 4.79 Å². The van der Waals surface area contributed by atoms with Crippen LogP contribution >= 0.6 is 23.2 Å². The Bertz CT molecular complexity index is 1100. The monoisotopic (exact) mass is 398 g/mol. The van der Waals surface area contributed by atoms with Gasteiger partial charge in [-0.3, -0.25) is 4.57 Å². The first kappa shape index (κ1) is 17.3. The fourth-order valence-corrected chi connectivity index (χ4v) is 4.37. The van der Waals surface area contributed by atoms with Crippen molar-refractivity contribution in [3.63, 3.8) is 0 Å². The molecule has 0 aliphatic heterocycles. The predicted molar refractivity (Wildman–Crippen MR) is 110 cm³/mol. The van der Waals surface area contributed by atoms with Crippen LogP contribution in [0.4, 0.5) is 0 Å². The van der Waals surface area contributed by atoms with Crippen LogP contribution in [-0.2, 0) is 6.42 Å².